The third kappa shape index (κ3) is 3.87. The summed E-state index contributed by atoms with van der Waals surface area (Å²) in [6, 6.07) is 6.84. The molecule has 0 unspecified atom stereocenters. The van der Waals surface area contributed by atoms with Gasteiger partial charge >= 0.3 is 0 Å². The number of primary amides is 1. The SMILES string of the molecule is CCCNCc1nc(-c2cccc(C(N)=O)c2)no1.O. The maximum Gasteiger partial charge on any atom is 0.248 e. The molecular formula is C13H18N4O3. The molecule has 0 aliphatic heterocycles. The highest BCUT2D eigenvalue weighted by Gasteiger charge is 2.10. The van der Waals surface area contributed by atoms with Gasteiger partial charge in [0.25, 0.3) is 0 Å². The third-order valence-corrected chi connectivity index (χ3v) is 2.58. The number of carbonyl (C=O) groups is 1. The first-order valence-corrected chi connectivity index (χ1v) is 6.14. The molecule has 0 aliphatic rings. The highest BCUT2D eigenvalue weighted by Crippen LogP contribution is 2.17. The van der Waals surface area contributed by atoms with Crippen molar-refractivity contribution in [2.24, 2.45) is 5.73 Å². The van der Waals surface area contributed by atoms with Crippen LogP contribution < -0.4 is 11.1 Å². The van der Waals surface area contributed by atoms with Crippen molar-refractivity contribution < 1.29 is 14.8 Å². The molecule has 0 saturated carbocycles. The Balaban J connectivity index is 0.00000200. The first-order chi connectivity index (χ1) is 9.20. The molecule has 0 atom stereocenters. The zero-order valence-corrected chi connectivity index (χ0v) is 11.2. The van der Waals surface area contributed by atoms with Crippen LogP contribution in [0.4, 0.5) is 0 Å². The average Bonchev–Trinajstić information content (AvgIpc) is 2.88. The number of rotatable bonds is 6. The first-order valence-electron chi connectivity index (χ1n) is 6.14. The second kappa shape index (κ2) is 7.37. The maximum absolute atomic E-state index is 11.1. The number of hydrogen-bond acceptors (Lipinski definition) is 5. The van der Waals surface area contributed by atoms with E-state index in [2.05, 4.69) is 22.4 Å². The summed E-state index contributed by atoms with van der Waals surface area (Å²) in [6.45, 7) is 3.52. The average molecular weight is 278 g/mol. The van der Waals surface area contributed by atoms with E-state index in [9.17, 15) is 4.79 Å². The molecule has 1 aromatic heterocycles. The van der Waals surface area contributed by atoms with Crippen LogP contribution >= 0.6 is 0 Å². The molecule has 0 spiro atoms. The van der Waals surface area contributed by atoms with Crippen LogP contribution in [0, 0.1) is 0 Å². The van der Waals surface area contributed by atoms with Gasteiger partial charge in [-0.1, -0.05) is 24.2 Å². The van der Waals surface area contributed by atoms with E-state index >= 15 is 0 Å². The number of amides is 1. The van der Waals surface area contributed by atoms with E-state index in [0.717, 1.165) is 13.0 Å². The molecule has 0 fully saturated rings. The predicted octanol–water partition coefficient (Wildman–Crippen LogP) is 0.510. The lowest BCUT2D eigenvalue weighted by Gasteiger charge is -1.98. The van der Waals surface area contributed by atoms with Crippen LogP contribution in [0.25, 0.3) is 11.4 Å². The second-order valence-electron chi connectivity index (χ2n) is 4.13. The largest absolute Gasteiger partial charge is 0.412 e. The van der Waals surface area contributed by atoms with Crippen LogP contribution in [0.5, 0.6) is 0 Å². The van der Waals surface area contributed by atoms with Gasteiger partial charge in [0.1, 0.15) is 0 Å². The van der Waals surface area contributed by atoms with Crippen LogP contribution in [-0.2, 0) is 6.54 Å². The van der Waals surface area contributed by atoms with E-state index in [1.807, 2.05) is 0 Å². The number of nitrogens with one attached hydrogen (secondary N) is 1. The molecule has 0 saturated heterocycles. The van der Waals surface area contributed by atoms with E-state index in [-0.39, 0.29) is 5.48 Å². The van der Waals surface area contributed by atoms with Crippen molar-refractivity contribution in [3.63, 3.8) is 0 Å². The van der Waals surface area contributed by atoms with E-state index in [4.69, 9.17) is 10.3 Å². The summed E-state index contributed by atoms with van der Waals surface area (Å²) in [6.07, 6.45) is 1.04. The Labute approximate surface area is 116 Å². The Hall–Kier alpha value is -2.25. The number of nitrogens with two attached hydrogens (primary N) is 1. The highest BCUT2D eigenvalue weighted by molar-refractivity contribution is 5.93. The van der Waals surface area contributed by atoms with Crippen molar-refractivity contribution in [2.45, 2.75) is 19.9 Å². The van der Waals surface area contributed by atoms with E-state index in [0.29, 0.717) is 29.4 Å². The Kier molecular flexibility index (Phi) is 5.82. The van der Waals surface area contributed by atoms with Crippen molar-refractivity contribution in [3.05, 3.63) is 35.7 Å². The number of nitrogens with zero attached hydrogens (tertiary/aromatic N) is 2. The van der Waals surface area contributed by atoms with Gasteiger partial charge < -0.3 is 21.0 Å². The van der Waals surface area contributed by atoms with Gasteiger partial charge in [-0.05, 0) is 25.1 Å². The van der Waals surface area contributed by atoms with Crippen molar-refractivity contribution >= 4 is 5.91 Å². The topological polar surface area (TPSA) is 126 Å². The van der Waals surface area contributed by atoms with E-state index in [1.54, 1.807) is 24.3 Å². The van der Waals surface area contributed by atoms with Crippen LogP contribution in [0.1, 0.15) is 29.6 Å². The molecule has 1 amide bonds. The van der Waals surface area contributed by atoms with Gasteiger partial charge in [-0.3, -0.25) is 4.79 Å². The maximum atomic E-state index is 11.1. The minimum absolute atomic E-state index is 0. The van der Waals surface area contributed by atoms with Crippen molar-refractivity contribution in [3.8, 4) is 11.4 Å². The number of hydrogen-bond donors (Lipinski definition) is 2. The van der Waals surface area contributed by atoms with Crippen molar-refractivity contribution in [1.29, 1.82) is 0 Å². The fraction of sp³-hybridized carbons (Fsp3) is 0.308. The Morgan fingerprint density at radius 2 is 2.25 bits per heavy atom. The highest BCUT2D eigenvalue weighted by atomic mass is 16.5. The summed E-state index contributed by atoms with van der Waals surface area (Å²) in [4.78, 5) is 15.4. The van der Waals surface area contributed by atoms with Crippen LogP contribution in [0.15, 0.2) is 28.8 Å². The van der Waals surface area contributed by atoms with Gasteiger partial charge in [-0.2, -0.15) is 4.98 Å². The van der Waals surface area contributed by atoms with Crippen molar-refractivity contribution in [2.75, 3.05) is 6.54 Å². The fourth-order valence-electron chi connectivity index (χ4n) is 1.63. The summed E-state index contributed by atoms with van der Waals surface area (Å²) in [5, 5.41) is 7.06. The lowest BCUT2D eigenvalue weighted by atomic mass is 10.1. The molecule has 2 rings (SSSR count). The summed E-state index contributed by atoms with van der Waals surface area (Å²) in [5.74, 6) is 0.500. The van der Waals surface area contributed by atoms with Crippen LogP contribution in [0.2, 0.25) is 0 Å². The molecular weight excluding hydrogens is 260 g/mol. The zero-order chi connectivity index (χ0) is 13.7. The molecule has 0 aliphatic carbocycles. The first kappa shape index (κ1) is 15.8. The van der Waals surface area contributed by atoms with Gasteiger partial charge in [-0.15, -0.1) is 0 Å². The smallest absolute Gasteiger partial charge is 0.248 e. The molecule has 5 N–H and O–H groups in total. The third-order valence-electron chi connectivity index (χ3n) is 2.58. The Morgan fingerprint density at radius 3 is 2.95 bits per heavy atom. The predicted molar refractivity (Wildman–Crippen MR) is 73.9 cm³/mol. The van der Waals surface area contributed by atoms with Gasteiger partial charge in [-0.25, -0.2) is 0 Å². The Morgan fingerprint density at radius 1 is 1.45 bits per heavy atom. The van der Waals surface area contributed by atoms with Gasteiger partial charge in [0.15, 0.2) is 0 Å². The lowest BCUT2D eigenvalue weighted by Crippen LogP contribution is -2.13. The monoisotopic (exact) mass is 278 g/mol. The molecule has 2 aromatic rings. The summed E-state index contributed by atoms with van der Waals surface area (Å²) >= 11 is 0. The number of aromatic nitrogens is 2. The Bertz CT molecular complexity index is 568. The van der Waals surface area contributed by atoms with Gasteiger partial charge in [0.2, 0.25) is 17.6 Å². The second-order valence-corrected chi connectivity index (χ2v) is 4.13. The molecule has 1 heterocycles. The van der Waals surface area contributed by atoms with Crippen LogP contribution in [-0.4, -0.2) is 28.1 Å². The molecule has 20 heavy (non-hydrogen) atoms. The minimum Gasteiger partial charge on any atom is -0.412 e. The van der Waals surface area contributed by atoms with Crippen LogP contribution in [0.3, 0.4) is 0 Å². The van der Waals surface area contributed by atoms with E-state index in [1.165, 1.54) is 0 Å². The van der Waals surface area contributed by atoms with E-state index < -0.39 is 5.91 Å². The quantitative estimate of drug-likeness (QED) is 0.744. The fourth-order valence-corrected chi connectivity index (χ4v) is 1.63. The molecule has 0 radical (unpaired) electrons. The van der Waals surface area contributed by atoms with Gasteiger partial charge in [0.05, 0.1) is 6.54 Å². The minimum atomic E-state index is -0.477. The molecule has 7 nitrogen and oxygen atoms in total. The molecule has 0 bridgehead atoms. The lowest BCUT2D eigenvalue weighted by molar-refractivity contribution is 0.100. The molecule has 108 valence electrons. The number of benzene rings is 1. The zero-order valence-electron chi connectivity index (χ0n) is 11.2. The number of carbonyl (C=O) groups excluding carboxylic acids is 1. The standard InChI is InChI=1S/C13H16N4O2.H2O/c1-2-6-15-8-11-16-13(17-19-11)10-5-3-4-9(7-10)12(14)18;/h3-5,7,15H,2,6,8H2,1H3,(H2,14,18);1H2. The molecule has 1 aromatic carbocycles. The summed E-state index contributed by atoms with van der Waals surface area (Å²) in [7, 11) is 0. The summed E-state index contributed by atoms with van der Waals surface area (Å²) in [5.41, 5.74) is 6.37. The molecule has 7 heteroatoms. The van der Waals surface area contributed by atoms with Crippen molar-refractivity contribution in [1.82, 2.24) is 15.5 Å². The summed E-state index contributed by atoms with van der Waals surface area (Å²) < 4.78 is 5.13. The normalized spacial score (nSPS) is 10.1. The van der Waals surface area contributed by atoms with Gasteiger partial charge in [0, 0.05) is 11.1 Å².